The highest BCUT2D eigenvalue weighted by Gasteiger charge is 2.13. The van der Waals surface area contributed by atoms with Crippen molar-refractivity contribution in [3.63, 3.8) is 0 Å². The van der Waals surface area contributed by atoms with Crippen LogP contribution in [0.2, 0.25) is 0 Å². The molecule has 114 valence electrons. The summed E-state index contributed by atoms with van der Waals surface area (Å²) in [4.78, 5) is 11.4. The molecule has 7 heteroatoms. The van der Waals surface area contributed by atoms with Crippen molar-refractivity contribution in [2.75, 3.05) is 58.8 Å². The Morgan fingerprint density at radius 1 is 1.11 bits per heavy atom. The second-order valence-corrected chi connectivity index (χ2v) is 4.76. The number of hydrogen-bond acceptors (Lipinski definition) is 7. The molecular formula is C12H25NO5S. The van der Waals surface area contributed by atoms with Gasteiger partial charge in [0.1, 0.15) is 12.6 Å². The molecule has 0 aliphatic rings. The van der Waals surface area contributed by atoms with Crippen LogP contribution >= 0.6 is 11.8 Å². The maximum Gasteiger partial charge on any atom is 0.323 e. The van der Waals surface area contributed by atoms with E-state index in [1.165, 1.54) is 0 Å². The largest absolute Gasteiger partial charge is 0.462 e. The van der Waals surface area contributed by atoms with Crippen molar-refractivity contribution in [3.8, 4) is 0 Å². The molecule has 0 saturated carbocycles. The van der Waals surface area contributed by atoms with Crippen molar-refractivity contribution in [3.05, 3.63) is 0 Å². The lowest BCUT2D eigenvalue weighted by Crippen LogP contribution is -2.33. The Hall–Kier alpha value is -0.340. The monoisotopic (exact) mass is 295 g/mol. The van der Waals surface area contributed by atoms with E-state index in [0.29, 0.717) is 39.5 Å². The Balaban J connectivity index is 3.27. The highest BCUT2D eigenvalue weighted by molar-refractivity contribution is 7.98. The Morgan fingerprint density at radius 2 is 1.68 bits per heavy atom. The lowest BCUT2D eigenvalue weighted by molar-refractivity contribution is -0.146. The number of ether oxygens (including phenoxy) is 4. The van der Waals surface area contributed by atoms with Gasteiger partial charge in [0.05, 0.1) is 33.0 Å². The summed E-state index contributed by atoms with van der Waals surface area (Å²) in [5, 5.41) is 0. The van der Waals surface area contributed by atoms with Crippen molar-refractivity contribution in [1.29, 1.82) is 0 Å². The molecule has 0 aliphatic carbocycles. The molecule has 0 fully saturated rings. The van der Waals surface area contributed by atoms with Gasteiger partial charge in [-0.05, 0) is 18.4 Å². The SMILES string of the molecule is COCCOCCOCCOC(=O)[C@H](N)CCSC. The van der Waals surface area contributed by atoms with Crippen LogP contribution in [0, 0.1) is 0 Å². The van der Waals surface area contributed by atoms with Crippen molar-refractivity contribution < 1.29 is 23.7 Å². The summed E-state index contributed by atoms with van der Waals surface area (Å²) >= 11 is 1.66. The number of rotatable bonds is 13. The maximum atomic E-state index is 11.4. The van der Waals surface area contributed by atoms with E-state index < -0.39 is 6.04 Å². The fraction of sp³-hybridized carbons (Fsp3) is 0.917. The van der Waals surface area contributed by atoms with E-state index in [-0.39, 0.29) is 12.6 Å². The number of hydrogen-bond donors (Lipinski definition) is 1. The van der Waals surface area contributed by atoms with Crippen LogP contribution in [0.25, 0.3) is 0 Å². The van der Waals surface area contributed by atoms with Gasteiger partial charge in [-0.1, -0.05) is 0 Å². The van der Waals surface area contributed by atoms with E-state index in [1.54, 1.807) is 18.9 Å². The van der Waals surface area contributed by atoms with Gasteiger partial charge in [0, 0.05) is 7.11 Å². The topological polar surface area (TPSA) is 80.0 Å². The first kappa shape index (κ1) is 18.7. The standard InChI is InChI=1S/C12H25NO5S/c1-15-4-5-16-6-7-17-8-9-18-12(14)11(13)3-10-19-2/h11H,3-10,13H2,1-2H3/t11-/m1/s1. The molecule has 0 aromatic heterocycles. The van der Waals surface area contributed by atoms with Crippen LogP contribution in [-0.2, 0) is 23.7 Å². The van der Waals surface area contributed by atoms with Crippen LogP contribution in [-0.4, -0.2) is 70.8 Å². The van der Waals surface area contributed by atoms with Crippen molar-refractivity contribution in [1.82, 2.24) is 0 Å². The number of methoxy groups -OCH3 is 1. The van der Waals surface area contributed by atoms with Gasteiger partial charge in [-0.25, -0.2) is 0 Å². The highest BCUT2D eigenvalue weighted by atomic mass is 32.2. The normalized spacial score (nSPS) is 12.4. The van der Waals surface area contributed by atoms with Gasteiger partial charge in [0.2, 0.25) is 0 Å². The average Bonchev–Trinajstić information content (AvgIpc) is 2.42. The zero-order valence-corrected chi connectivity index (χ0v) is 12.6. The molecule has 0 saturated heterocycles. The molecule has 0 rings (SSSR count). The third-order valence-electron chi connectivity index (χ3n) is 2.21. The van der Waals surface area contributed by atoms with Gasteiger partial charge < -0.3 is 24.7 Å². The number of carbonyl (C=O) groups excluding carboxylic acids is 1. The van der Waals surface area contributed by atoms with Gasteiger partial charge in [0.25, 0.3) is 0 Å². The zero-order valence-electron chi connectivity index (χ0n) is 11.8. The lowest BCUT2D eigenvalue weighted by Gasteiger charge is -2.11. The molecule has 0 heterocycles. The Morgan fingerprint density at radius 3 is 2.26 bits per heavy atom. The summed E-state index contributed by atoms with van der Waals surface area (Å²) in [7, 11) is 1.62. The Bertz CT molecular complexity index is 218. The summed E-state index contributed by atoms with van der Waals surface area (Å²) in [6.45, 7) is 2.69. The molecule has 0 aromatic rings. The van der Waals surface area contributed by atoms with Gasteiger partial charge in [0.15, 0.2) is 0 Å². The van der Waals surface area contributed by atoms with E-state index >= 15 is 0 Å². The molecule has 1 atom stereocenters. The fourth-order valence-electron chi connectivity index (χ4n) is 1.14. The van der Waals surface area contributed by atoms with Crippen LogP contribution < -0.4 is 5.73 Å². The molecule has 0 bridgehead atoms. The third kappa shape index (κ3) is 12.4. The first-order chi connectivity index (χ1) is 9.22. The average molecular weight is 295 g/mol. The van der Waals surface area contributed by atoms with Gasteiger partial charge in [-0.2, -0.15) is 11.8 Å². The Labute approximate surface area is 119 Å². The van der Waals surface area contributed by atoms with Crippen molar-refractivity contribution in [2.45, 2.75) is 12.5 Å². The fourth-order valence-corrected chi connectivity index (χ4v) is 1.62. The quantitative estimate of drug-likeness (QED) is 0.386. The van der Waals surface area contributed by atoms with Gasteiger partial charge >= 0.3 is 5.97 Å². The van der Waals surface area contributed by atoms with Crippen LogP contribution in [0.5, 0.6) is 0 Å². The van der Waals surface area contributed by atoms with Crippen LogP contribution in [0.1, 0.15) is 6.42 Å². The maximum absolute atomic E-state index is 11.4. The van der Waals surface area contributed by atoms with E-state index in [1.807, 2.05) is 6.26 Å². The number of nitrogens with two attached hydrogens (primary N) is 1. The minimum atomic E-state index is -0.537. The Kier molecular flexibility index (Phi) is 13.8. The van der Waals surface area contributed by atoms with Crippen LogP contribution in [0.3, 0.4) is 0 Å². The predicted octanol–water partition coefficient (Wildman–Crippen LogP) is 0.290. The van der Waals surface area contributed by atoms with E-state index in [2.05, 4.69) is 0 Å². The molecule has 0 radical (unpaired) electrons. The molecule has 19 heavy (non-hydrogen) atoms. The van der Waals surface area contributed by atoms with E-state index in [9.17, 15) is 4.79 Å². The smallest absolute Gasteiger partial charge is 0.323 e. The summed E-state index contributed by atoms with van der Waals surface area (Å²) in [6.07, 6.45) is 2.61. The second kappa shape index (κ2) is 14.1. The first-order valence-corrected chi connectivity index (χ1v) is 7.67. The van der Waals surface area contributed by atoms with Crippen molar-refractivity contribution in [2.24, 2.45) is 5.73 Å². The summed E-state index contributed by atoms with van der Waals surface area (Å²) in [6, 6.07) is -0.537. The zero-order chi connectivity index (χ0) is 14.3. The minimum absolute atomic E-state index is 0.226. The molecule has 0 unspecified atom stereocenters. The van der Waals surface area contributed by atoms with E-state index in [4.69, 9.17) is 24.7 Å². The van der Waals surface area contributed by atoms with Crippen molar-refractivity contribution >= 4 is 17.7 Å². The van der Waals surface area contributed by atoms with Crippen LogP contribution in [0.15, 0.2) is 0 Å². The summed E-state index contributed by atoms with van der Waals surface area (Å²) < 4.78 is 20.3. The number of carbonyl (C=O) groups is 1. The second-order valence-electron chi connectivity index (χ2n) is 3.77. The van der Waals surface area contributed by atoms with E-state index in [0.717, 1.165) is 5.75 Å². The minimum Gasteiger partial charge on any atom is -0.462 e. The summed E-state index contributed by atoms with van der Waals surface area (Å²) in [5.74, 6) is 0.486. The van der Waals surface area contributed by atoms with Crippen LogP contribution in [0.4, 0.5) is 0 Å². The molecule has 2 N–H and O–H groups in total. The predicted molar refractivity (Wildman–Crippen MR) is 75.4 cm³/mol. The molecule has 0 spiro atoms. The van der Waals surface area contributed by atoms with Gasteiger partial charge in [-0.3, -0.25) is 4.79 Å². The molecule has 0 aliphatic heterocycles. The number of thioether (sulfide) groups is 1. The first-order valence-electron chi connectivity index (χ1n) is 6.28. The summed E-state index contributed by atoms with van der Waals surface area (Å²) in [5.41, 5.74) is 5.65. The molecular weight excluding hydrogens is 270 g/mol. The third-order valence-corrected chi connectivity index (χ3v) is 2.86. The van der Waals surface area contributed by atoms with Gasteiger partial charge in [-0.15, -0.1) is 0 Å². The molecule has 0 amide bonds. The highest BCUT2D eigenvalue weighted by Crippen LogP contribution is 2.00. The lowest BCUT2D eigenvalue weighted by atomic mass is 10.2. The number of esters is 1. The molecule has 0 aromatic carbocycles. The molecule has 6 nitrogen and oxygen atoms in total.